The SMILES string of the molecule is Cc1ccc(/C=N\NC(=O)[C@@H]2[C@H]3CCCC[C@@]32C)cc1Br. The van der Waals surface area contributed by atoms with E-state index in [0.717, 1.165) is 10.0 Å². The van der Waals surface area contributed by atoms with Crippen LogP contribution in [0.5, 0.6) is 0 Å². The fourth-order valence-corrected chi connectivity index (χ4v) is 4.18. The van der Waals surface area contributed by atoms with Gasteiger partial charge in [0.25, 0.3) is 0 Å². The van der Waals surface area contributed by atoms with Crippen molar-refractivity contribution in [2.75, 3.05) is 0 Å². The number of nitrogens with zero attached hydrogens (tertiary/aromatic N) is 1. The van der Waals surface area contributed by atoms with Crippen LogP contribution in [0.1, 0.15) is 43.7 Å². The van der Waals surface area contributed by atoms with Crippen molar-refractivity contribution in [2.24, 2.45) is 22.4 Å². The first-order chi connectivity index (χ1) is 10.0. The van der Waals surface area contributed by atoms with Crippen molar-refractivity contribution >= 4 is 28.1 Å². The minimum atomic E-state index is 0.0897. The van der Waals surface area contributed by atoms with Gasteiger partial charge >= 0.3 is 0 Å². The summed E-state index contributed by atoms with van der Waals surface area (Å²) in [4.78, 5) is 12.3. The Labute approximate surface area is 134 Å². The third-order valence-electron chi connectivity index (χ3n) is 5.20. The maximum atomic E-state index is 12.3. The van der Waals surface area contributed by atoms with E-state index in [1.807, 2.05) is 25.1 Å². The number of aryl methyl sites for hydroxylation is 1. The second kappa shape index (κ2) is 5.56. The van der Waals surface area contributed by atoms with Gasteiger partial charge in [0.15, 0.2) is 0 Å². The van der Waals surface area contributed by atoms with E-state index >= 15 is 0 Å². The summed E-state index contributed by atoms with van der Waals surface area (Å²) in [7, 11) is 0. The Hall–Kier alpha value is -1.16. The van der Waals surface area contributed by atoms with E-state index in [-0.39, 0.29) is 17.2 Å². The first-order valence-corrected chi connectivity index (χ1v) is 8.41. The summed E-state index contributed by atoms with van der Waals surface area (Å²) in [6.07, 6.45) is 6.62. The van der Waals surface area contributed by atoms with Crippen LogP contribution in [0.25, 0.3) is 0 Å². The number of amides is 1. The highest BCUT2D eigenvalue weighted by molar-refractivity contribution is 9.10. The van der Waals surface area contributed by atoms with Crippen LogP contribution in [0, 0.1) is 24.2 Å². The largest absolute Gasteiger partial charge is 0.273 e. The highest BCUT2D eigenvalue weighted by Crippen LogP contribution is 2.66. The standard InChI is InChI=1S/C17H21BrN2O/c1-11-6-7-12(9-14(11)18)10-19-20-16(21)15-13-5-3-4-8-17(13,15)2/h6-7,9-10,13,15H,3-5,8H2,1-2H3,(H,20,21)/b19-10-/t13-,15+,17+/m1/s1. The Morgan fingerprint density at radius 2 is 2.29 bits per heavy atom. The third kappa shape index (κ3) is 2.78. The van der Waals surface area contributed by atoms with Crippen molar-refractivity contribution in [3.8, 4) is 0 Å². The number of hydrazone groups is 1. The first-order valence-electron chi connectivity index (χ1n) is 7.61. The lowest BCUT2D eigenvalue weighted by Gasteiger charge is -2.15. The molecule has 3 nitrogen and oxygen atoms in total. The van der Waals surface area contributed by atoms with Gasteiger partial charge < -0.3 is 0 Å². The van der Waals surface area contributed by atoms with Crippen molar-refractivity contribution in [1.29, 1.82) is 0 Å². The van der Waals surface area contributed by atoms with E-state index in [1.165, 1.54) is 31.2 Å². The van der Waals surface area contributed by atoms with Crippen LogP contribution >= 0.6 is 15.9 Å². The highest BCUT2D eigenvalue weighted by atomic mass is 79.9. The number of benzene rings is 1. The number of hydrogen-bond donors (Lipinski definition) is 1. The second-order valence-corrected chi connectivity index (χ2v) is 7.43. The van der Waals surface area contributed by atoms with Gasteiger partial charge in [0.05, 0.1) is 6.21 Å². The molecule has 0 unspecified atom stereocenters. The summed E-state index contributed by atoms with van der Waals surface area (Å²) in [5, 5.41) is 4.12. The molecule has 1 amide bonds. The van der Waals surface area contributed by atoms with E-state index in [4.69, 9.17) is 0 Å². The zero-order valence-corrected chi connectivity index (χ0v) is 14.1. The molecule has 4 heteroatoms. The molecule has 2 fully saturated rings. The van der Waals surface area contributed by atoms with E-state index in [9.17, 15) is 4.79 Å². The van der Waals surface area contributed by atoms with E-state index in [1.54, 1.807) is 6.21 Å². The summed E-state index contributed by atoms with van der Waals surface area (Å²) in [5.74, 6) is 0.837. The van der Waals surface area contributed by atoms with Crippen LogP contribution < -0.4 is 5.43 Å². The molecule has 2 aliphatic rings. The molecule has 0 heterocycles. The maximum absolute atomic E-state index is 12.3. The van der Waals surface area contributed by atoms with Gasteiger partial charge in [-0.2, -0.15) is 5.10 Å². The molecule has 3 rings (SSSR count). The number of carbonyl (C=O) groups excluding carboxylic acids is 1. The third-order valence-corrected chi connectivity index (χ3v) is 6.05. The van der Waals surface area contributed by atoms with E-state index < -0.39 is 0 Å². The average molecular weight is 349 g/mol. The van der Waals surface area contributed by atoms with E-state index in [0.29, 0.717) is 5.92 Å². The number of fused-ring (bicyclic) bond motifs is 1. The molecule has 0 aromatic heterocycles. The second-order valence-electron chi connectivity index (χ2n) is 6.58. The topological polar surface area (TPSA) is 41.5 Å². The molecule has 0 aliphatic heterocycles. The molecule has 0 bridgehead atoms. The smallest absolute Gasteiger partial charge is 0.244 e. The van der Waals surface area contributed by atoms with Gasteiger partial charge in [-0.1, -0.05) is 47.8 Å². The van der Waals surface area contributed by atoms with Crippen LogP contribution in [-0.2, 0) is 4.79 Å². The monoisotopic (exact) mass is 348 g/mol. The summed E-state index contributed by atoms with van der Waals surface area (Å²) < 4.78 is 1.05. The number of halogens is 1. The Morgan fingerprint density at radius 3 is 2.95 bits per heavy atom. The Balaban J connectivity index is 1.59. The van der Waals surface area contributed by atoms with Crippen LogP contribution in [0.15, 0.2) is 27.8 Å². The van der Waals surface area contributed by atoms with Crippen LogP contribution in [-0.4, -0.2) is 12.1 Å². The number of rotatable bonds is 3. The van der Waals surface area contributed by atoms with E-state index in [2.05, 4.69) is 33.4 Å². The lowest BCUT2D eigenvalue weighted by molar-refractivity contribution is -0.123. The molecule has 0 spiro atoms. The fraction of sp³-hybridized carbons (Fsp3) is 0.529. The normalized spacial score (nSPS) is 31.0. The van der Waals surface area contributed by atoms with Gasteiger partial charge in [-0.05, 0) is 48.3 Å². The van der Waals surface area contributed by atoms with Gasteiger partial charge in [0.1, 0.15) is 0 Å². The van der Waals surface area contributed by atoms with Crippen LogP contribution in [0.4, 0.5) is 0 Å². The maximum Gasteiger partial charge on any atom is 0.244 e. The lowest BCUT2D eigenvalue weighted by Crippen LogP contribution is -2.22. The zero-order chi connectivity index (χ0) is 15.0. The summed E-state index contributed by atoms with van der Waals surface area (Å²) in [6.45, 7) is 4.30. The Kier molecular flexibility index (Phi) is 3.91. The molecule has 0 saturated heterocycles. The number of carbonyl (C=O) groups is 1. The van der Waals surface area contributed by atoms with Gasteiger partial charge in [0.2, 0.25) is 5.91 Å². The highest BCUT2D eigenvalue weighted by Gasteiger charge is 2.64. The van der Waals surface area contributed by atoms with Crippen molar-refractivity contribution in [2.45, 2.75) is 39.5 Å². The average Bonchev–Trinajstić information content (AvgIpc) is 3.08. The molecule has 1 N–H and O–H groups in total. The molecule has 1 aromatic carbocycles. The molecule has 1 aromatic rings. The van der Waals surface area contributed by atoms with Gasteiger partial charge in [0, 0.05) is 10.4 Å². The molecular formula is C17H21BrN2O. The van der Waals surface area contributed by atoms with Crippen molar-refractivity contribution in [1.82, 2.24) is 5.43 Å². The minimum absolute atomic E-state index is 0.0897. The van der Waals surface area contributed by atoms with Crippen molar-refractivity contribution in [3.63, 3.8) is 0 Å². The molecule has 21 heavy (non-hydrogen) atoms. The number of nitrogens with one attached hydrogen (secondary N) is 1. The number of hydrogen-bond acceptors (Lipinski definition) is 2. The Morgan fingerprint density at radius 1 is 1.48 bits per heavy atom. The molecule has 3 atom stereocenters. The van der Waals surface area contributed by atoms with Gasteiger partial charge in [-0.15, -0.1) is 0 Å². The Bertz CT molecular complexity index is 598. The van der Waals surface area contributed by atoms with Crippen LogP contribution in [0.2, 0.25) is 0 Å². The minimum Gasteiger partial charge on any atom is -0.273 e. The van der Waals surface area contributed by atoms with Gasteiger partial charge in [-0.25, -0.2) is 5.43 Å². The summed E-state index contributed by atoms with van der Waals surface area (Å²) >= 11 is 3.50. The quantitative estimate of drug-likeness (QED) is 0.650. The molecule has 0 radical (unpaired) electrons. The van der Waals surface area contributed by atoms with Crippen LogP contribution in [0.3, 0.4) is 0 Å². The summed E-state index contributed by atoms with van der Waals surface area (Å²) in [6, 6.07) is 6.03. The molecule has 2 aliphatic carbocycles. The zero-order valence-electron chi connectivity index (χ0n) is 12.5. The van der Waals surface area contributed by atoms with Crippen molar-refractivity contribution in [3.05, 3.63) is 33.8 Å². The van der Waals surface area contributed by atoms with Gasteiger partial charge in [-0.3, -0.25) is 4.79 Å². The fourth-order valence-electron chi connectivity index (χ4n) is 3.78. The predicted molar refractivity (Wildman–Crippen MR) is 88.2 cm³/mol. The molecule has 2 saturated carbocycles. The predicted octanol–water partition coefficient (Wildman–Crippen LogP) is 4.03. The first kappa shape index (κ1) is 14.8. The lowest BCUT2D eigenvalue weighted by atomic mass is 9.90. The molecule has 112 valence electrons. The summed E-state index contributed by atoms with van der Waals surface area (Å²) in [5.41, 5.74) is 5.13. The molecular weight excluding hydrogens is 328 g/mol. The van der Waals surface area contributed by atoms with Crippen molar-refractivity contribution < 1.29 is 4.79 Å².